The summed E-state index contributed by atoms with van der Waals surface area (Å²) in [5.74, 6) is 0. The highest BCUT2D eigenvalue weighted by molar-refractivity contribution is 5.97. The van der Waals surface area contributed by atoms with E-state index in [0.29, 0.717) is 0 Å². The Hall–Kier alpha value is -9.56. The number of para-hydroxylation sites is 1. The fourth-order valence-electron chi connectivity index (χ4n) is 12.9. The fourth-order valence-corrected chi connectivity index (χ4v) is 12.9. The van der Waals surface area contributed by atoms with Gasteiger partial charge in [0.15, 0.2) is 0 Å². The van der Waals surface area contributed by atoms with Gasteiger partial charge in [-0.25, -0.2) is 0 Å². The second-order valence-corrected chi connectivity index (χ2v) is 19.9. The minimum absolute atomic E-state index is 0.480. The van der Waals surface area contributed by atoms with E-state index in [9.17, 15) is 0 Å². The van der Waals surface area contributed by atoms with Crippen molar-refractivity contribution in [1.82, 2.24) is 0 Å². The van der Waals surface area contributed by atoms with Crippen LogP contribution in [0.5, 0.6) is 0 Å². The van der Waals surface area contributed by atoms with Crippen LogP contribution in [-0.2, 0) is 10.8 Å². The van der Waals surface area contributed by atoms with Crippen LogP contribution >= 0.6 is 0 Å². The smallest absolute Gasteiger partial charge is 0.0714 e. The van der Waals surface area contributed by atoms with E-state index >= 15 is 0 Å². The number of nitrogens with zero attached hydrogens (tertiary/aromatic N) is 1. The van der Waals surface area contributed by atoms with Crippen molar-refractivity contribution in [3.8, 4) is 55.6 Å². The van der Waals surface area contributed by atoms with Crippen LogP contribution in [0.15, 0.2) is 309 Å². The Kier molecular flexibility index (Phi) is 10.7. The van der Waals surface area contributed by atoms with Crippen LogP contribution in [0.4, 0.5) is 17.1 Å². The van der Waals surface area contributed by atoms with Crippen molar-refractivity contribution in [2.45, 2.75) is 10.8 Å². The third-order valence-corrected chi connectivity index (χ3v) is 16.1. The first kappa shape index (κ1) is 44.2. The van der Waals surface area contributed by atoms with Gasteiger partial charge in [-0.3, -0.25) is 0 Å². The zero-order valence-electron chi connectivity index (χ0n) is 41.4. The van der Waals surface area contributed by atoms with Crippen LogP contribution in [-0.4, -0.2) is 0 Å². The van der Waals surface area contributed by atoms with E-state index in [-0.39, 0.29) is 0 Å². The van der Waals surface area contributed by atoms with Crippen molar-refractivity contribution in [3.63, 3.8) is 0 Å². The molecule has 0 heterocycles. The number of rotatable bonds is 10. The van der Waals surface area contributed by atoms with Crippen molar-refractivity contribution in [2.75, 3.05) is 4.90 Å². The van der Waals surface area contributed by atoms with Gasteiger partial charge in [-0.2, -0.15) is 0 Å². The maximum atomic E-state index is 2.48. The zero-order valence-corrected chi connectivity index (χ0v) is 41.4. The van der Waals surface area contributed by atoms with E-state index in [4.69, 9.17) is 0 Å². The van der Waals surface area contributed by atoms with E-state index in [1.165, 1.54) is 89.0 Å². The monoisotopic (exact) mass is 953 g/mol. The molecule has 352 valence electrons. The first-order chi connectivity index (χ1) is 37.2. The molecule has 0 saturated carbocycles. The molecule has 0 aromatic heterocycles. The van der Waals surface area contributed by atoms with Crippen LogP contribution in [0.3, 0.4) is 0 Å². The molecule has 12 aromatic rings. The van der Waals surface area contributed by atoms with Crippen LogP contribution in [0.25, 0.3) is 55.6 Å². The lowest BCUT2D eigenvalue weighted by molar-refractivity contribution is 0.768. The third-order valence-electron chi connectivity index (χ3n) is 16.1. The molecular weight excluding hydrogens is 903 g/mol. The van der Waals surface area contributed by atoms with E-state index in [1.807, 2.05) is 0 Å². The van der Waals surface area contributed by atoms with Crippen LogP contribution in [0.1, 0.15) is 44.5 Å². The molecule has 2 aliphatic rings. The summed E-state index contributed by atoms with van der Waals surface area (Å²) in [4.78, 5) is 2.48. The molecule has 0 unspecified atom stereocenters. The van der Waals surface area contributed by atoms with Crippen LogP contribution in [0, 0.1) is 0 Å². The third kappa shape index (κ3) is 6.93. The molecule has 0 aliphatic heterocycles. The topological polar surface area (TPSA) is 3.24 Å². The highest BCUT2D eigenvalue weighted by Crippen LogP contribution is 2.60. The Morgan fingerprint density at radius 3 is 1.17 bits per heavy atom. The normalized spacial score (nSPS) is 13.3. The summed E-state index contributed by atoms with van der Waals surface area (Å²) < 4.78 is 0. The highest BCUT2D eigenvalue weighted by atomic mass is 15.1. The molecule has 0 radical (unpaired) electrons. The average molecular weight is 954 g/mol. The van der Waals surface area contributed by atoms with Crippen molar-refractivity contribution in [3.05, 3.63) is 354 Å². The van der Waals surface area contributed by atoms with Crippen molar-refractivity contribution in [2.24, 2.45) is 0 Å². The number of fused-ring (bicyclic) bond motifs is 6. The van der Waals surface area contributed by atoms with Crippen molar-refractivity contribution in [1.29, 1.82) is 0 Å². The Morgan fingerprint density at radius 2 is 0.587 bits per heavy atom. The molecule has 14 rings (SSSR count). The SMILES string of the molecule is c1ccc(-c2ccc(-c3ccccc3N(c3ccc(-c4cccc5c4-c4ccccc4C5(c4ccccc4)c4ccccc4)cc3)c3ccc4c(c3)C(c3ccccc3)(c3ccccc3)c3ccccc3-4)cc2)cc1. The molecule has 0 spiro atoms. The summed E-state index contributed by atoms with van der Waals surface area (Å²) in [5, 5.41) is 0. The molecule has 0 fully saturated rings. The summed E-state index contributed by atoms with van der Waals surface area (Å²) in [7, 11) is 0. The highest BCUT2D eigenvalue weighted by Gasteiger charge is 2.48. The first-order valence-electron chi connectivity index (χ1n) is 26.1. The van der Waals surface area contributed by atoms with E-state index < -0.39 is 10.8 Å². The van der Waals surface area contributed by atoms with Gasteiger partial charge in [-0.05, 0) is 125 Å². The molecule has 0 atom stereocenters. The summed E-state index contributed by atoms with van der Waals surface area (Å²) in [6, 6.07) is 114. The molecule has 0 bridgehead atoms. The number of hydrogen-bond acceptors (Lipinski definition) is 1. The lowest BCUT2D eigenvalue weighted by atomic mass is 9.67. The van der Waals surface area contributed by atoms with Crippen molar-refractivity contribution >= 4 is 17.1 Å². The van der Waals surface area contributed by atoms with Gasteiger partial charge in [-0.15, -0.1) is 0 Å². The largest absolute Gasteiger partial charge is 0.310 e. The molecular formula is C74H51N. The van der Waals surface area contributed by atoms with E-state index in [0.717, 1.165) is 28.2 Å². The van der Waals surface area contributed by atoms with Crippen LogP contribution in [0.2, 0.25) is 0 Å². The first-order valence-corrected chi connectivity index (χ1v) is 26.1. The Labute approximate surface area is 440 Å². The average Bonchev–Trinajstić information content (AvgIpc) is 4.06. The Morgan fingerprint density at radius 1 is 0.213 bits per heavy atom. The molecule has 1 heteroatoms. The molecule has 0 N–H and O–H groups in total. The minimum atomic E-state index is -0.550. The molecule has 75 heavy (non-hydrogen) atoms. The maximum absolute atomic E-state index is 2.48. The predicted octanol–water partition coefficient (Wildman–Crippen LogP) is 18.9. The molecule has 2 aliphatic carbocycles. The number of benzene rings is 12. The van der Waals surface area contributed by atoms with Gasteiger partial charge in [0.1, 0.15) is 0 Å². The van der Waals surface area contributed by atoms with Crippen LogP contribution < -0.4 is 4.90 Å². The van der Waals surface area contributed by atoms with E-state index in [1.54, 1.807) is 0 Å². The predicted molar refractivity (Wildman–Crippen MR) is 312 cm³/mol. The summed E-state index contributed by atoms with van der Waals surface area (Å²) in [6.45, 7) is 0. The molecule has 0 saturated heterocycles. The lowest BCUT2D eigenvalue weighted by Crippen LogP contribution is -2.28. The van der Waals surface area contributed by atoms with Gasteiger partial charge in [0.2, 0.25) is 0 Å². The van der Waals surface area contributed by atoms with E-state index in [2.05, 4.69) is 314 Å². The van der Waals surface area contributed by atoms with Gasteiger partial charge in [0.25, 0.3) is 0 Å². The summed E-state index contributed by atoms with van der Waals surface area (Å²) in [6.07, 6.45) is 0. The quantitative estimate of drug-likeness (QED) is 0.132. The van der Waals surface area contributed by atoms with Gasteiger partial charge in [0, 0.05) is 16.9 Å². The summed E-state index contributed by atoms with van der Waals surface area (Å²) >= 11 is 0. The van der Waals surface area contributed by atoms with Crippen molar-refractivity contribution < 1.29 is 0 Å². The minimum Gasteiger partial charge on any atom is -0.310 e. The lowest BCUT2D eigenvalue weighted by Gasteiger charge is -2.35. The second-order valence-electron chi connectivity index (χ2n) is 19.9. The van der Waals surface area contributed by atoms with Gasteiger partial charge < -0.3 is 4.90 Å². The number of hydrogen-bond donors (Lipinski definition) is 0. The Bertz CT molecular complexity index is 3940. The zero-order chi connectivity index (χ0) is 49.8. The maximum Gasteiger partial charge on any atom is 0.0714 e. The second kappa shape index (κ2) is 18.2. The molecule has 0 amide bonds. The number of anilines is 3. The van der Waals surface area contributed by atoms with Gasteiger partial charge in [-0.1, -0.05) is 279 Å². The molecule has 12 aromatic carbocycles. The Balaban J connectivity index is 0.968. The molecule has 1 nitrogen and oxygen atoms in total. The van der Waals surface area contributed by atoms with Gasteiger partial charge in [0.05, 0.1) is 16.5 Å². The fraction of sp³-hybridized carbons (Fsp3) is 0.0270. The van der Waals surface area contributed by atoms with Gasteiger partial charge >= 0.3 is 0 Å². The summed E-state index contributed by atoms with van der Waals surface area (Å²) in [5.41, 5.74) is 24.6. The standard InChI is InChI=1S/C74H51N/c1-6-23-52(24-7-1)53-41-43-54(44-42-53)62-33-18-21-40-71(62)75(61-49-50-65-64-34-16-19-37-67(64)74(70(65)51-61,58-29-12-4-13-30-58)59-31-14-5-15-32-59)60-47-45-55(46-48-60)63-36-22-39-69-72(63)66-35-17-20-38-68(66)73(69,56-25-8-2-9-26-56)57-27-10-3-11-28-57/h1-51H.